The summed E-state index contributed by atoms with van der Waals surface area (Å²) in [6, 6.07) is 0. The molecule has 1 fully saturated rings. The Hall–Kier alpha value is -0.870. The van der Waals surface area contributed by atoms with Crippen molar-refractivity contribution in [3.05, 3.63) is 27.4 Å². The second kappa shape index (κ2) is 2.82. The third kappa shape index (κ3) is 1.26. The molecule has 0 aliphatic heterocycles. The lowest BCUT2D eigenvalue weighted by atomic mass is 10.0. The Kier molecular flexibility index (Phi) is 1.89. The van der Waals surface area contributed by atoms with Crippen molar-refractivity contribution < 1.29 is 0 Å². The van der Waals surface area contributed by atoms with Crippen LogP contribution in [0.5, 0.6) is 0 Å². The van der Waals surface area contributed by atoms with Crippen LogP contribution in [0.4, 0.5) is 0 Å². The third-order valence-corrected chi connectivity index (χ3v) is 2.89. The molecule has 0 radical (unpaired) electrons. The molecule has 0 spiro atoms. The van der Waals surface area contributed by atoms with Gasteiger partial charge in [-0.15, -0.1) is 0 Å². The average molecular weight is 200 g/mol. The van der Waals surface area contributed by atoms with E-state index < -0.39 is 0 Å². The van der Waals surface area contributed by atoms with E-state index in [0.29, 0.717) is 12.2 Å². The number of nitrogens with one attached hydrogen (secondary N) is 1. The van der Waals surface area contributed by atoms with Crippen LogP contribution in [0.3, 0.4) is 0 Å². The summed E-state index contributed by atoms with van der Waals surface area (Å²) < 4.78 is 0. The molecule has 3 N–H and O–H groups in total. The first-order valence-electron chi connectivity index (χ1n) is 4.13. The standard InChI is InChI=1S/C8H10ClN3O/c9-5-6(8(3-10)1-2-8)11-4-12-7(5)13/h4H,1-3,10H2,(H,11,12,13). The van der Waals surface area contributed by atoms with E-state index in [0.717, 1.165) is 12.8 Å². The molecule has 5 heteroatoms. The van der Waals surface area contributed by atoms with Gasteiger partial charge < -0.3 is 10.7 Å². The topological polar surface area (TPSA) is 71.8 Å². The van der Waals surface area contributed by atoms with E-state index in [1.165, 1.54) is 6.33 Å². The molecule has 0 atom stereocenters. The molecule has 2 rings (SSSR count). The van der Waals surface area contributed by atoms with Crippen molar-refractivity contribution in [3.63, 3.8) is 0 Å². The highest BCUT2D eigenvalue weighted by atomic mass is 35.5. The van der Waals surface area contributed by atoms with Gasteiger partial charge in [0.1, 0.15) is 5.02 Å². The zero-order valence-electron chi connectivity index (χ0n) is 7.01. The largest absolute Gasteiger partial charge is 0.330 e. The van der Waals surface area contributed by atoms with Gasteiger partial charge in [-0.05, 0) is 12.8 Å². The lowest BCUT2D eigenvalue weighted by Crippen LogP contribution is -2.24. The lowest BCUT2D eigenvalue weighted by Gasteiger charge is -2.11. The van der Waals surface area contributed by atoms with Gasteiger partial charge in [0, 0.05) is 12.0 Å². The highest BCUT2D eigenvalue weighted by Crippen LogP contribution is 2.47. The molecule has 0 aromatic carbocycles. The maximum absolute atomic E-state index is 11.2. The van der Waals surface area contributed by atoms with Crippen LogP contribution in [0.1, 0.15) is 18.5 Å². The Bertz CT molecular complexity index is 383. The highest BCUT2D eigenvalue weighted by Gasteiger charge is 2.46. The van der Waals surface area contributed by atoms with Gasteiger partial charge in [0.2, 0.25) is 0 Å². The summed E-state index contributed by atoms with van der Waals surface area (Å²) in [5.74, 6) is 0. The third-order valence-electron chi connectivity index (χ3n) is 2.54. The monoisotopic (exact) mass is 199 g/mol. The Labute approximate surface area is 80.1 Å². The number of aromatic amines is 1. The van der Waals surface area contributed by atoms with Crippen molar-refractivity contribution in [1.29, 1.82) is 0 Å². The van der Waals surface area contributed by atoms with Crippen molar-refractivity contribution in [1.82, 2.24) is 9.97 Å². The Balaban J connectivity index is 2.52. The van der Waals surface area contributed by atoms with Crippen LogP contribution in [0.2, 0.25) is 5.02 Å². The van der Waals surface area contributed by atoms with E-state index >= 15 is 0 Å². The Morgan fingerprint density at radius 1 is 1.69 bits per heavy atom. The summed E-state index contributed by atoms with van der Waals surface area (Å²) in [5.41, 5.74) is 5.86. The van der Waals surface area contributed by atoms with Gasteiger partial charge in [-0.3, -0.25) is 4.79 Å². The van der Waals surface area contributed by atoms with Crippen LogP contribution in [0.15, 0.2) is 11.1 Å². The molecule has 0 saturated heterocycles. The molecule has 1 aliphatic carbocycles. The van der Waals surface area contributed by atoms with Crippen molar-refractivity contribution in [2.45, 2.75) is 18.3 Å². The lowest BCUT2D eigenvalue weighted by molar-refractivity contribution is 0.673. The van der Waals surface area contributed by atoms with E-state index in [-0.39, 0.29) is 16.0 Å². The molecule has 1 saturated carbocycles. The minimum absolute atomic E-state index is 0.120. The van der Waals surface area contributed by atoms with E-state index in [2.05, 4.69) is 9.97 Å². The first kappa shape index (κ1) is 8.72. The number of hydrogen-bond donors (Lipinski definition) is 2. The summed E-state index contributed by atoms with van der Waals surface area (Å²) in [6.45, 7) is 0.503. The van der Waals surface area contributed by atoms with Crippen LogP contribution < -0.4 is 11.3 Å². The normalized spacial score (nSPS) is 18.6. The predicted molar refractivity (Wildman–Crippen MR) is 49.8 cm³/mol. The average Bonchev–Trinajstić information content (AvgIpc) is 2.90. The summed E-state index contributed by atoms with van der Waals surface area (Å²) >= 11 is 5.83. The molecule has 1 aromatic heterocycles. The molecule has 0 amide bonds. The van der Waals surface area contributed by atoms with E-state index in [4.69, 9.17) is 17.3 Å². The van der Waals surface area contributed by atoms with Crippen LogP contribution in [-0.4, -0.2) is 16.5 Å². The fourth-order valence-corrected chi connectivity index (χ4v) is 1.75. The summed E-state index contributed by atoms with van der Waals surface area (Å²) in [6.07, 6.45) is 3.32. The SMILES string of the molecule is NCC1(c2nc[nH]c(=O)c2Cl)CC1. The molecule has 70 valence electrons. The predicted octanol–water partition coefficient (Wildman–Crippen LogP) is 0.414. The van der Waals surface area contributed by atoms with Crippen LogP contribution in [-0.2, 0) is 5.41 Å². The molecule has 1 aliphatic rings. The van der Waals surface area contributed by atoms with E-state index in [1.807, 2.05) is 0 Å². The maximum Gasteiger partial charge on any atom is 0.269 e. The summed E-state index contributed by atoms with van der Waals surface area (Å²) in [7, 11) is 0. The first-order chi connectivity index (χ1) is 6.19. The van der Waals surface area contributed by atoms with Crippen molar-refractivity contribution in [2.24, 2.45) is 5.73 Å². The summed E-state index contributed by atoms with van der Waals surface area (Å²) in [5, 5.41) is 0.186. The van der Waals surface area contributed by atoms with Gasteiger partial charge in [-0.2, -0.15) is 0 Å². The Morgan fingerprint density at radius 2 is 2.38 bits per heavy atom. The van der Waals surface area contributed by atoms with Crippen molar-refractivity contribution in [2.75, 3.05) is 6.54 Å². The molecule has 4 nitrogen and oxygen atoms in total. The van der Waals surface area contributed by atoms with Gasteiger partial charge in [-0.25, -0.2) is 4.98 Å². The zero-order chi connectivity index (χ0) is 9.47. The highest BCUT2D eigenvalue weighted by molar-refractivity contribution is 6.31. The van der Waals surface area contributed by atoms with E-state index in [1.54, 1.807) is 0 Å². The number of rotatable bonds is 2. The Morgan fingerprint density at radius 3 is 2.92 bits per heavy atom. The number of hydrogen-bond acceptors (Lipinski definition) is 3. The molecular formula is C8H10ClN3O. The molecule has 1 aromatic rings. The van der Waals surface area contributed by atoms with Gasteiger partial charge in [0.15, 0.2) is 0 Å². The second-order valence-electron chi connectivity index (χ2n) is 3.38. The van der Waals surface area contributed by atoms with E-state index in [9.17, 15) is 4.79 Å². The van der Waals surface area contributed by atoms with Crippen molar-refractivity contribution >= 4 is 11.6 Å². The number of H-pyrrole nitrogens is 1. The summed E-state index contributed by atoms with van der Waals surface area (Å²) in [4.78, 5) is 17.7. The number of aromatic nitrogens is 2. The minimum Gasteiger partial charge on any atom is -0.330 e. The van der Waals surface area contributed by atoms with Crippen LogP contribution >= 0.6 is 11.6 Å². The molecule has 0 bridgehead atoms. The molecule has 1 heterocycles. The smallest absolute Gasteiger partial charge is 0.269 e. The molecular weight excluding hydrogens is 190 g/mol. The first-order valence-corrected chi connectivity index (χ1v) is 4.51. The zero-order valence-corrected chi connectivity index (χ0v) is 7.77. The van der Waals surface area contributed by atoms with Crippen LogP contribution in [0, 0.1) is 0 Å². The fraction of sp³-hybridized carbons (Fsp3) is 0.500. The van der Waals surface area contributed by atoms with Gasteiger partial charge in [0.25, 0.3) is 5.56 Å². The number of halogens is 1. The van der Waals surface area contributed by atoms with Gasteiger partial charge >= 0.3 is 0 Å². The van der Waals surface area contributed by atoms with Crippen LogP contribution in [0.25, 0.3) is 0 Å². The molecule has 0 unspecified atom stereocenters. The number of nitrogens with zero attached hydrogens (tertiary/aromatic N) is 1. The minimum atomic E-state index is -0.286. The van der Waals surface area contributed by atoms with Crippen molar-refractivity contribution in [3.8, 4) is 0 Å². The molecule has 13 heavy (non-hydrogen) atoms. The quantitative estimate of drug-likeness (QED) is 0.725. The van der Waals surface area contributed by atoms with Gasteiger partial charge in [0.05, 0.1) is 12.0 Å². The van der Waals surface area contributed by atoms with Gasteiger partial charge in [-0.1, -0.05) is 11.6 Å². The maximum atomic E-state index is 11.2. The fourth-order valence-electron chi connectivity index (χ4n) is 1.44. The second-order valence-corrected chi connectivity index (χ2v) is 3.76. The number of nitrogens with two attached hydrogens (primary N) is 1.